The maximum absolute atomic E-state index is 9.82. The van der Waals surface area contributed by atoms with Crippen LogP contribution in [-0.2, 0) is 9.59 Å². The predicted octanol–water partition coefficient (Wildman–Crippen LogP) is -0.816. The van der Waals surface area contributed by atoms with Crippen LogP contribution >= 0.6 is 0 Å². The second-order valence-corrected chi connectivity index (χ2v) is 3.26. The van der Waals surface area contributed by atoms with Gasteiger partial charge in [0.15, 0.2) is 0 Å². The largest absolute Gasteiger partial charge is 2.00 e. The molecule has 0 aromatic rings. The van der Waals surface area contributed by atoms with Crippen molar-refractivity contribution >= 4 is 35.8 Å². The van der Waals surface area contributed by atoms with Gasteiger partial charge in [0.25, 0.3) is 0 Å². The van der Waals surface area contributed by atoms with Gasteiger partial charge in [-0.2, -0.15) is 0 Å². The molecule has 2 atom stereocenters. The zero-order valence-corrected chi connectivity index (χ0v) is 12.6. The zero-order chi connectivity index (χ0) is 11.7. The summed E-state index contributed by atoms with van der Waals surface area (Å²) in [7, 11) is 0. The van der Waals surface area contributed by atoms with Crippen molar-refractivity contribution in [3.8, 4) is 0 Å². The molecular weight excluding hydrogens is 303 g/mol. The molecule has 0 aromatic carbocycles. The van der Waals surface area contributed by atoms with E-state index in [0.717, 1.165) is 0 Å². The van der Waals surface area contributed by atoms with Crippen molar-refractivity contribution < 1.29 is 19.8 Å². The standard InChI is InChI=1S/2C5H10O2.Sn/c2*1-3-4(2)5(6)7;/h2*4H,3H2,1-2H3,(H,6,7);/q;;+2/p-2. The summed E-state index contributed by atoms with van der Waals surface area (Å²) in [5.74, 6) is -2.50. The molecule has 0 rings (SSSR count). The Morgan fingerprint density at radius 2 is 1.13 bits per heavy atom. The quantitative estimate of drug-likeness (QED) is 0.634. The number of carboxylic acid groups (broad SMARTS) is 2. The van der Waals surface area contributed by atoms with E-state index in [-0.39, 0.29) is 35.7 Å². The summed E-state index contributed by atoms with van der Waals surface area (Å²) in [5, 5.41) is 19.6. The summed E-state index contributed by atoms with van der Waals surface area (Å²) >= 11 is 0. The number of carbonyl (C=O) groups is 2. The summed E-state index contributed by atoms with van der Waals surface area (Å²) < 4.78 is 0. The van der Waals surface area contributed by atoms with Crippen LogP contribution in [-0.4, -0.2) is 35.8 Å². The van der Waals surface area contributed by atoms with E-state index in [1.165, 1.54) is 0 Å². The van der Waals surface area contributed by atoms with Gasteiger partial charge in [0, 0.05) is 11.9 Å². The first-order chi connectivity index (χ1) is 6.36. The normalized spacial score (nSPS) is 12.5. The number of carboxylic acids is 2. The first-order valence-electron chi connectivity index (χ1n) is 4.78. The second kappa shape index (κ2) is 11.8. The third kappa shape index (κ3) is 13.7. The van der Waals surface area contributed by atoms with E-state index in [2.05, 4.69) is 0 Å². The fourth-order valence-corrected chi connectivity index (χ4v) is 0.333. The Morgan fingerprint density at radius 3 is 1.13 bits per heavy atom. The Bertz CT molecular complexity index is 162. The molecule has 0 N–H and O–H groups in total. The molecule has 0 aliphatic rings. The molecule has 0 aromatic heterocycles. The van der Waals surface area contributed by atoms with Crippen molar-refractivity contribution in [3.05, 3.63) is 0 Å². The van der Waals surface area contributed by atoms with Gasteiger partial charge in [0.1, 0.15) is 0 Å². The van der Waals surface area contributed by atoms with Crippen LogP contribution in [0.25, 0.3) is 0 Å². The van der Waals surface area contributed by atoms with E-state index in [0.29, 0.717) is 12.8 Å². The van der Waals surface area contributed by atoms with E-state index < -0.39 is 11.9 Å². The summed E-state index contributed by atoms with van der Waals surface area (Å²) in [6.07, 6.45) is 1.31. The maximum Gasteiger partial charge on any atom is 2.00 e. The smallest absolute Gasteiger partial charge is 0.550 e. The molecule has 2 radical (unpaired) electrons. The van der Waals surface area contributed by atoms with Crippen molar-refractivity contribution in [1.29, 1.82) is 0 Å². The second-order valence-electron chi connectivity index (χ2n) is 3.26. The first kappa shape index (κ1) is 20.2. The zero-order valence-electron chi connectivity index (χ0n) is 9.70. The number of rotatable bonds is 4. The van der Waals surface area contributed by atoms with Gasteiger partial charge in [-0.1, -0.05) is 27.7 Å². The molecule has 0 saturated heterocycles. The fourth-order valence-electron chi connectivity index (χ4n) is 0.333. The van der Waals surface area contributed by atoms with E-state index in [4.69, 9.17) is 0 Å². The van der Waals surface area contributed by atoms with Crippen LogP contribution in [0.5, 0.6) is 0 Å². The Kier molecular flexibility index (Phi) is 15.9. The molecule has 4 nitrogen and oxygen atoms in total. The molecule has 0 fully saturated rings. The molecule has 0 amide bonds. The molecule has 5 heteroatoms. The van der Waals surface area contributed by atoms with E-state index in [1.807, 2.05) is 13.8 Å². The minimum absolute atomic E-state index is 0. The molecule has 0 bridgehead atoms. The average molecular weight is 321 g/mol. The van der Waals surface area contributed by atoms with Crippen molar-refractivity contribution in [2.24, 2.45) is 11.8 Å². The number of hydrogen-bond donors (Lipinski definition) is 0. The molecular formula is C10H18O4Sn. The Morgan fingerprint density at radius 1 is 0.933 bits per heavy atom. The SMILES string of the molecule is CCC(C)C(=O)[O-].CCC(C)C(=O)[O-].[Sn+2]. The summed E-state index contributed by atoms with van der Waals surface area (Å²) in [5.41, 5.74) is 0. The maximum atomic E-state index is 9.82. The molecule has 86 valence electrons. The van der Waals surface area contributed by atoms with Gasteiger partial charge >= 0.3 is 23.9 Å². The van der Waals surface area contributed by atoms with Crippen molar-refractivity contribution in [1.82, 2.24) is 0 Å². The third-order valence-electron chi connectivity index (χ3n) is 2.03. The van der Waals surface area contributed by atoms with Crippen LogP contribution in [0.2, 0.25) is 0 Å². The third-order valence-corrected chi connectivity index (χ3v) is 2.03. The van der Waals surface area contributed by atoms with Gasteiger partial charge in [-0.05, 0) is 24.7 Å². The average Bonchev–Trinajstić information content (AvgIpc) is 2.15. The molecule has 0 heterocycles. The van der Waals surface area contributed by atoms with Crippen molar-refractivity contribution in [2.45, 2.75) is 40.5 Å². The van der Waals surface area contributed by atoms with Crippen LogP contribution in [0, 0.1) is 11.8 Å². The monoisotopic (exact) mass is 322 g/mol. The van der Waals surface area contributed by atoms with Gasteiger partial charge in [0.2, 0.25) is 0 Å². The van der Waals surface area contributed by atoms with Gasteiger partial charge in [-0.3, -0.25) is 0 Å². The molecule has 0 spiro atoms. The number of aliphatic carboxylic acids is 2. The van der Waals surface area contributed by atoms with E-state index >= 15 is 0 Å². The van der Waals surface area contributed by atoms with E-state index in [1.54, 1.807) is 13.8 Å². The fraction of sp³-hybridized carbons (Fsp3) is 0.800. The van der Waals surface area contributed by atoms with Gasteiger partial charge < -0.3 is 19.8 Å². The first-order valence-corrected chi connectivity index (χ1v) is 4.78. The van der Waals surface area contributed by atoms with Crippen LogP contribution in [0.15, 0.2) is 0 Å². The van der Waals surface area contributed by atoms with Crippen LogP contribution in [0.3, 0.4) is 0 Å². The predicted molar refractivity (Wildman–Crippen MR) is 54.7 cm³/mol. The van der Waals surface area contributed by atoms with Gasteiger partial charge in [0.05, 0.1) is 0 Å². The topological polar surface area (TPSA) is 80.3 Å². The minimum Gasteiger partial charge on any atom is -0.550 e. The summed E-state index contributed by atoms with van der Waals surface area (Å²) in [6.45, 7) is 6.91. The molecule has 0 aliphatic carbocycles. The van der Waals surface area contributed by atoms with Crippen LogP contribution in [0.1, 0.15) is 40.5 Å². The Labute approximate surface area is 108 Å². The Hall–Kier alpha value is -0.261. The van der Waals surface area contributed by atoms with Gasteiger partial charge in [-0.25, -0.2) is 0 Å². The molecule has 0 saturated carbocycles. The summed E-state index contributed by atoms with van der Waals surface area (Å²) in [6, 6.07) is 0. The van der Waals surface area contributed by atoms with Crippen molar-refractivity contribution in [2.75, 3.05) is 0 Å². The Balaban J connectivity index is -0.000000180. The molecule has 2 unspecified atom stereocenters. The van der Waals surface area contributed by atoms with Crippen LogP contribution in [0.4, 0.5) is 0 Å². The molecule has 0 aliphatic heterocycles. The minimum atomic E-state index is -0.956. The number of hydrogen-bond acceptors (Lipinski definition) is 4. The molecule has 15 heavy (non-hydrogen) atoms. The number of carbonyl (C=O) groups excluding carboxylic acids is 2. The summed E-state index contributed by atoms with van der Waals surface area (Å²) in [4.78, 5) is 19.6. The van der Waals surface area contributed by atoms with Crippen molar-refractivity contribution in [3.63, 3.8) is 0 Å². The van der Waals surface area contributed by atoms with Crippen LogP contribution < -0.4 is 10.2 Å². The van der Waals surface area contributed by atoms with E-state index in [9.17, 15) is 19.8 Å². The van der Waals surface area contributed by atoms with Gasteiger partial charge in [-0.15, -0.1) is 0 Å².